The van der Waals surface area contributed by atoms with Gasteiger partial charge in [0.2, 0.25) is 0 Å². The Bertz CT molecular complexity index is 629. The van der Waals surface area contributed by atoms with Crippen LogP contribution in [0.4, 0.5) is 0 Å². The Morgan fingerprint density at radius 3 is 0.864 bits per heavy atom. The Labute approximate surface area is 147 Å². The first-order chi connectivity index (χ1) is 10.6. The van der Waals surface area contributed by atoms with Gasteiger partial charge in [-0.2, -0.15) is 0 Å². The second kappa shape index (κ2) is 7.06. The van der Waals surface area contributed by atoms with E-state index in [9.17, 15) is 0 Å². The summed E-state index contributed by atoms with van der Waals surface area (Å²) in [6, 6.07) is 27.6. The zero-order valence-electron chi connectivity index (χ0n) is 13.4. The van der Waals surface area contributed by atoms with E-state index in [1.807, 2.05) is 0 Å². The van der Waals surface area contributed by atoms with Crippen LogP contribution < -0.4 is 3.64 Å². The Morgan fingerprint density at radius 2 is 0.636 bits per heavy atom. The van der Waals surface area contributed by atoms with Gasteiger partial charge >= 0.3 is 149 Å². The normalized spacial score (nSPS) is 10.5. The van der Waals surface area contributed by atoms with Crippen LogP contribution in [-0.4, -0.2) is 0 Å². The number of rotatable bonds is 3. The summed E-state index contributed by atoms with van der Waals surface area (Å²) in [5.41, 5.74) is 4.01. The Hall–Kier alpha value is -0.989. The molecule has 1 heteroatoms. The van der Waals surface area contributed by atoms with Gasteiger partial charge in [-0.1, -0.05) is 0 Å². The monoisotopic (exact) mass is 415 g/mol. The van der Waals surface area contributed by atoms with Gasteiger partial charge in [-0.3, -0.25) is 0 Å². The van der Waals surface area contributed by atoms with Gasteiger partial charge in [-0.25, -0.2) is 0 Å². The van der Waals surface area contributed by atoms with Gasteiger partial charge in [0.15, 0.2) is 0 Å². The summed E-state index contributed by atoms with van der Waals surface area (Å²) >= 11 is -2.26. The fourth-order valence-electron chi connectivity index (χ4n) is 2.66. The van der Waals surface area contributed by atoms with Gasteiger partial charge in [0.1, 0.15) is 0 Å². The minimum atomic E-state index is -2.26. The van der Waals surface area contributed by atoms with E-state index >= 15 is 0 Å². The number of hydrogen-bond donors (Lipinski definition) is 0. The third-order valence-electron chi connectivity index (χ3n) is 4.02. The van der Waals surface area contributed by atoms with E-state index in [1.54, 1.807) is 3.64 Å². The van der Waals surface area contributed by atoms with Crippen molar-refractivity contribution >= 4 is 3.64 Å². The van der Waals surface area contributed by atoms with Gasteiger partial charge in [0.25, 0.3) is 0 Å². The van der Waals surface area contributed by atoms with E-state index < -0.39 is 34.6 Å². The summed E-state index contributed by atoms with van der Waals surface area (Å²) in [5, 5.41) is 0. The summed E-state index contributed by atoms with van der Waals surface area (Å²) in [5.74, 6) is 0. The molecule has 0 saturated carbocycles. The van der Waals surface area contributed by atoms with Crippen LogP contribution >= 0.6 is 0 Å². The molecular weight excluding hydrogens is 396 g/mol. The third-order valence-corrected chi connectivity index (χ3v) is 12.8. The zero-order valence-corrected chi connectivity index (χ0v) is 16.6. The quantitative estimate of drug-likeness (QED) is 0.612. The maximum atomic E-state index is 2.34. The van der Waals surface area contributed by atoms with E-state index in [1.165, 1.54) is 16.7 Å². The Morgan fingerprint density at radius 1 is 0.409 bits per heavy atom. The Kier molecular flexibility index (Phi) is 5.10. The van der Waals surface area contributed by atoms with Crippen LogP contribution in [0.1, 0.15) is 16.7 Å². The van der Waals surface area contributed by atoms with Crippen LogP contribution in [-0.2, 0) is 0 Å². The molecule has 0 spiro atoms. The molecule has 3 aromatic rings. The van der Waals surface area contributed by atoms with E-state index in [2.05, 4.69) is 93.6 Å². The summed E-state index contributed by atoms with van der Waals surface area (Å²) in [6.45, 7) is 6.48. The second-order valence-corrected chi connectivity index (χ2v) is 13.9. The SMILES string of the molecule is Cc1cc[c]([Nd]([c]2ccc(C)cc2)[c]2ccc(C)cc2)cc1. The molecule has 0 aliphatic rings. The standard InChI is InChI=1S/3C7H7.Nd/c3*1-7-5-3-2-4-6-7;/h3*3-6H,1H3;. The third kappa shape index (κ3) is 3.67. The van der Waals surface area contributed by atoms with Crippen LogP contribution in [0.5, 0.6) is 0 Å². The van der Waals surface area contributed by atoms with Crippen molar-refractivity contribution < 1.29 is 34.6 Å². The van der Waals surface area contributed by atoms with Crippen molar-refractivity contribution in [1.29, 1.82) is 0 Å². The van der Waals surface area contributed by atoms with Crippen LogP contribution in [0, 0.1) is 55.4 Å². The van der Waals surface area contributed by atoms with E-state index in [0.29, 0.717) is 0 Å². The van der Waals surface area contributed by atoms with Crippen molar-refractivity contribution in [3.05, 3.63) is 89.5 Å². The van der Waals surface area contributed by atoms with Crippen molar-refractivity contribution in [2.24, 2.45) is 0 Å². The molecule has 3 aromatic carbocycles. The van der Waals surface area contributed by atoms with E-state index in [4.69, 9.17) is 0 Å². The van der Waals surface area contributed by atoms with Gasteiger partial charge in [0.05, 0.1) is 0 Å². The van der Waals surface area contributed by atoms with E-state index in [-0.39, 0.29) is 0 Å². The van der Waals surface area contributed by atoms with Gasteiger partial charge < -0.3 is 0 Å². The molecule has 0 atom stereocenters. The van der Waals surface area contributed by atoms with Crippen molar-refractivity contribution in [3.63, 3.8) is 0 Å². The van der Waals surface area contributed by atoms with Crippen LogP contribution in [0.25, 0.3) is 0 Å². The van der Waals surface area contributed by atoms with Crippen molar-refractivity contribution in [2.75, 3.05) is 0 Å². The van der Waals surface area contributed by atoms with Crippen molar-refractivity contribution in [1.82, 2.24) is 0 Å². The molecule has 0 saturated heterocycles. The molecule has 109 valence electrons. The number of benzene rings is 3. The zero-order chi connectivity index (χ0) is 15.5. The molecule has 0 unspecified atom stereocenters. The molecule has 0 N–H and O–H groups in total. The van der Waals surface area contributed by atoms with Crippen LogP contribution in [0.2, 0.25) is 0 Å². The second-order valence-electron chi connectivity index (χ2n) is 5.97. The first-order valence-electron chi connectivity index (χ1n) is 7.71. The molecule has 0 bridgehead atoms. The maximum absolute atomic E-state index is 2.34. The van der Waals surface area contributed by atoms with Crippen LogP contribution in [0.3, 0.4) is 0 Å². The summed E-state index contributed by atoms with van der Waals surface area (Å²) < 4.78 is 4.68. The molecule has 0 heterocycles. The Balaban J connectivity index is 2.10. The predicted octanol–water partition coefficient (Wildman–Crippen LogP) is 3.51. The van der Waals surface area contributed by atoms with Gasteiger partial charge in [0, 0.05) is 0 Å². The molecule has 3 rings (SSSR count). The average molecular weight is 418 g/mol. The molecular formula is C21H21Nd. The average Bonchev–Trinajstić information content (AvgIpc) is 2.53. The van der Waals surface area contributed by atoms with Gasteiger partial charge in [-0.15, -0.1) is 0 Å². The topological polar surface area (TPSA) is 0 Å². The molecule has 0 aliphatic heterocycles. The van der Waals surface area contributed by atoms with E-state index in [0.717, 1.165) is 0 Å². The molecule has 22 heavy (non-hydrogen) atoms. The summed E-state index contributed by atoms with van der Waals surface area (Å²) in [4.78, 5) is 0. The van der Waals surface area contributed by atoms with Gasteiger partial charge in [-0.05, 0) is 0 Å². The molecule has 0 aromatic heterocycles. The summed E-state index contributed by atoms with van der Waals surface area (Å²) in [6.07, 6.45) is 0. The molecule has 0 radical (unpaired) electrons. The fraction of sp³-hybridized carbons (Fsp3) is 0.143. The fourth-order valence-corrected chi connectivity index (χ4v) is 10.7. The van der Waals surface area contributed by atoms with Crippen molar-refractivity contribution in [3.8, 4) is 0 Å². The first kappa shape index (κ1) is 15.9. The number of aryl methyl sites for hydroxylation is 3. The predicted molar refractivity (Wildman–Crippen MR) is 92.4 cm³/mol. The molecule has 0 aliphatic carbocycles. The van der Waals surface area contributed by atoms with Crippen molar-refractivity contribution in [2.45, 2.75) is 20.8 Å². The number of hydrogen-bond acceptors (Lipinski definition) is 0. The molecule has 0 amide bonds. The minimum absolute atomic E-state index is 1.34. The first-order valence-corrected chi connectivity index (χ1v) is 12.5. The van der Waals surface area contributed by atoms with Crippen LogP contribution in [0.15, 0.2) is 72.8 Å². The summed E-state index contributed by atoms with van der Waals surface area (Å²) in [7, 11) is 0. The molecule has 0 fully saturated rings. The molecule has 0 nitrogen and oxygen atoms in total.